The molecule has 3 unspecified atom stereocenters. The van der Waals surface area contributed by atoms with Crippen LogP contribution in [0.1, 0.15) is 31.0 Å². The highest BCUT2D eigenvalue weighted by Crippen LogP contribution is 2.28. The lowest BCUT2D eigenvalue weighted by Crippen LogP contribution is -2.59. The zero-order valence-electron chi connectivity index (χ0n) is 12.7. The van der Waals surface area contributed by atoms with Crippen molar-refractivity contribution in [3.8, 4) is 0 Å². The number of hydrogen-bond acceptors (Lipinski definition) is 5. The van der Waals surface area contributed by atoms with Crippen LogP contribution < -0.4 is 16.2 Å². The first kappa shape index (κ1) is 14.1. The number of nitrogens with one attached hydrogen (secondary N) is 3. The minimum absolute atomic E-state index is 0.100. The van der Waals surface area contributed by atoms with Gasteiger partial charge in [0.05, 0.1) is 11.7 Å². The molecule has 0 aliphatic carbocycles. The Morgan fingerprint density at radius 3 is 2.82 bits per heavy atom. The van der Waals surface area contributed by atoms with Crippen molar-refractivity contribution >= 4 is 5.91 Å². The number of fused-ring (bicyclic) bond motifs is 3. The molecule has 3 N–H and O–H groups in total. The number of carbonyl (C=O) groups is 1. The predicted molar refractivity (Wildman–Crippen MR) is 82.7 cm³/mol. The Morgan fingerprint density at radius 1 is 1.27 bits per heavy atom. The molecule has 4 aliphatic rings. The molecule has 118 valence electrons. The summed E-state index contributed by atoms with van der Waals surface area (Å²) in [6.45, 7) is 3.41. The minimum Gasteiger partial charge on any atom is -0.350 e. The standard InChI is InChI=1S/C16H23N5O/c22-16(18-15-10-21-7-4-11(15)5-8-21)14-9-13(19-20-14)12-3-1-2-6-17-12/h1-3,6,11,13-15,19-20H,4-5,7-10H2,(H,18,22). The average Bonchev–Trinajstić information content (AvgIpc) is 3.07. The Balaban J connectivity index is 1.34. The van der Waals surface area contributed by atoms with Gasteiger partial charge in [0.25, 0.3) is 0 Å². The minimum atomic E-state index is -0.178. The van der Waals surface area contributed by atoms with Gasteiger partial charge in [-0.3, -0.25) is 9.78 Å². The van der Waals surface area contributed by atoms with Gasteiger partial charge < -0.3 is 10.2 Å². The van der Waals surface area contributed by atoms with Crippen molar-refractivity contribution in [3.63, 3.8) is 0 Å². The van der Waals surface area contributed by atoms with E-state index in [0.29, 0.717) is 12.0 Å². The molecule has 4 aliphatic heterocycles. The highest BCUT2D eigenvalue weighted by atomic mass is 16.2. The van der Waals surface area contributed by atoms with Gasteiger partial charge in [-0.05, 0) is 50.4 Å². The molecule has 0 aromatic carbocycles. The second-order valence-electron chi connectivity index (χ2n) is 6.64. The largest absolute Gasteiger partial charge is 0.350 e. The number of pyridine rings is 1. The van der Waals surface area contributed by atoms with Crippen molar-refractivity contribution in [1.82, 2.24) is 26.1 Å². The van der Waals surface area contributed by atoms with Crippen LogP contribution in [0.5, 0.6) is 0 Å². The Labute approximate surface area is 130 Å². The highest BCUT2D eigenvalue weighted by molar-refractivity contribution is 5.82. The van der Waals surface area contributed by atoms with Crippen LogP contribution in [-0.2, 0) is 4.79 Å². The van der Waals surface area contributed by atoms with Gasteiger partial charge in [0.2, 0.25) is 5.91 Å². The van der Waals surface area contributed by atoms with Crippen LogP contribution in [0.15, 0.2) is 24.4 Å². The first-order chi connectivity index (χ1) is 10.8. The van der Waals surface area contributed by atoms with Crippen molar-refractivity contribution in [3.05, 3.63) is 30.1 Å². The molecule has 5 rings (SSSR count). The van der Waals surface area contributed by atoms with E-state index in [-0.39, 0.29) is 18.0 Å². The molecule has 0 saturated carbocycles. The molecule has 3 atom stereocenters. The van der Waals surface area contributed by atoms with E-state index >= 15 is 0 Å². The van der Waals surface area contributed by atoms with Crippen molar-refractivity contribution in [2.45, 2.75) is 37.4 Å². The van der Waals surface area contributed by atoms with Gasteiger partial charge >= 0.3 is 0 Å². The van der Waals surface area contributed by atoms with Crippen LogP contribution in [-0.4, -0.2) is 47.5 Å². The molecule has 4 saturated heterocycles. The monoisotopic (exact) mass is 301 g/mol. The molecule has 0 radical (unpaired) electrons. The van der Waals surface area contributed by atoms with Gasteiger partial charge in [-0.1, -0.05) is 6.07 Å². The molecular formula is C16H23N5O. The van der Waals surface area contributed by atoms with Crippen LogP contribution in [0.3, 0.4) is 0 Å². The van der Waals surface area contributed by atoms with E-state index < -0.39 is 0 Å². The summed E-state index contributed by atoms with van der Waals surface area (Å²) in [6.07, 6.45) is 4.97. The lowest BCUT2D eigenvalue weighted by atomic mass is 9.84. The topological polar surface area (TPSA) is 69.3 Å². The molecule has 0 spiro atoms. The smallest absolute Gasteiger partial charge is 0.238 e. The first-order valence-corrected chi connectivity index (χ1v) is 8.24. The van der Waals surface area contributed by atoms with E-state index in [0.717, 1.165) is 18.7 Å². The van der Waals surface area contributed by atoms with Crippen LogP contribution >= 0.6 is 0 Å². The van der Waals surface area contributed by atoms with Crippen molar-refractivity contribution < 1.29 is 4.79 Å². The van der Waals surface area contributed by atoms with Gasteiger partial charge in [-0.25, -0.2) is 10.9 Å². The summed E-state index contributed by atoms with van der Waals surface area (Å²) in [5.74, 6) is 0.777. The summed E-state index contributed by atoms with van der Waals surface area (Å²) < 4.78 is 0. The molecule has 6 heteroatoms. The summed E-state index contributed by atoms with van der Waals surface area (Å²) in [5, 5.41) is 3.26. The fraction of sp³-hybridized carbons (Fsp3) is 0.625. The zero-order valence-corrected chi connectivity index (χ0v) is 12.7. The summed E-state index contributed by atoms with van der Waals surface area (Å²) in [5.41, 5.74) is 7.29. The van der Waals surface area contributed by atoms with Gasteiger partial charge in [0.1, 0.15) is 6.04 Å². The molecular weight excluding hydrogens is 278 g/mol. The number of aromatic nitrogens is 1. The average molecular weight is 301 g/mol. The third kappa shape index (κ3) is 2.74. The number of carbonyl (C=O) groups excluding carboxylic acids is 1. The van der Waals surface area contributed by atoms with Gasteiger partial charge in [-0.15, -0.1) is 0 Å². The number of rotatable bonds is 3. The second kappa shape index (κ2) is 5.95. The normalized spacial score (nSPS) is 37.2. The summed E-state index contributed by atoms with van der Waals surface area (Å²) in [4.78, 5) is 19.3. The van der Waals surface area contributed by atoms with Crippen LogP contribution in [0, 0.1) is 5.92 Å². The Bertz CT molecular complexity index is 529. The molecule has 1 aromatic heterocycles. The second-order valence-corrected chi connectivity index (χ2v) is 6.64. The highest BCUT2D eigenvalue weighted by Gasteiger charge is 2.37. The lowest BCUT2D eigenvalue weighted by Gasteiger charge is -2.45. The van der Waals surface area contributed by atoms with E-state index in [2.05, 4.69) is 26.1 Å². The van der Waals surface area contributed by atoms with E-state index in [9.17, 15) is 4.79 Å². The fourth-order valence-corrected chi connectivity index (χ4v) is 3.92. The van der Waals surface area contributed by atoms with Gasteiger partial charge in [-0.2, -0.15) is 0 Å². The lowest BCUT2D eigenvalue weighted by molar-refractivity contribution is -0.125. The SMILES string of the molecule is O=C(NC1CN2CCC1CC2)C1CC(c2ccccn2)NN1. The van der Waals surface area contributed by atoms with Crippen LogP contribution in [0.4, 0.5) is 0 Å². The van der Waals surface area contributed by atoms with Crippen molar-refractivity contribution in [1.29, 1.82) is 0 Å². The number of amides is 1. The molecule has 6 nitrogen and oxygen atoms in total. The van der Waals surface area contributed by atoms with Crippen molar-refractivity contribution in [2.75, 3.05) is 19.6 Å². The maximum Gasteiger partial charge on any atom is 0.238 e. The first-order valence-electron chi connectivity index (χ1n) is 8.24. The van der Waals surface area contributed by atoms with Crippen LogP contribution in [0.2, 0.25) is 0 Å². The third-order valence-corrected chi connectivity index (χ3v) is 5.25. The maximum absolute atomic E-state index is 12.5. The summed E-state index contributed by atoms with van der Waals surface area (Å²) >= 11 is 0. The fourth-order valence-electron chi connectivity index (χ4n) is 3.92. The summed E-state index contributed by atoms with van der Waals surface area (Å²) in [7, 11) is 0. The number of hydrogen-bond donors (Lipinski definition) is 3. The van der Waals surface area contributed by atoms with E-state index in [1.165, 1.54) is 25.9 Å². The van der Waals surface area contributed by atoms with Gasteiger partial charge in [0.15, 0.2) is 0 Å². The molecule has 4 fully saturated rings. The number of nitrogens with zero attached hydrogens (tertiary/aromatic N) is 2. The molecule has 1 amide bonds. The van der Waals surface area contributed by atoms with Gasteiger partial charge in [0, 0.05) is 18.8 Å². The Hall–Kier alpha value is -1.50. The van der Waals surface area contributed by atoms with E-state index in [4.69, 9.17) is 0 Å². The molecule has 2 bridgehead atoms. The zero-order chi connectivity index (χ0) is 14.9. The van der Waals surface area contributed by atoms with Crippen molar-refractivity contribution in [2.24, 2.45) is 5.92 Å². The predicted octanol–water partition coefficient (Wildman–Crippen LogP) is 0.200. The van der Waals surface area contributed by atoms with E-state index in [1.807, 2.05) is 18.2 Å². The van der Waals surface area contributed by atoms with E-state index in [1.54, 1.807) is 6.20 Å². The summed E-state index contributed by atoms with van der Waals surface area (Å²) in [6, 6.07) is 6.12. The molecule has 5 heterocycles. The number of piperidine rings is 3. The quantitative estimate of drug-likeness (QED) is 0.744. The Morgan fingerprint density at radius 2 is 2.14 bits per heavy atom. The molecule has 1 aromatic rings. The molecule has 22 heavy (non-hydrogen) atoms. The number of hydrazine groups is 1. The van der Waals surface area contributed by atoms with Crippen LogP contribution in [0.25, 0.3) is 0 Å². The Kier molecular flexibility index (Phi) is 3.82. The maximum atomic E-state index is 12.5. The third-order valence-electron chi connectivity index (χ3n) is 5.25.